The summed E-state index contributed by atoms with van der Waals surface area (Å²) in [6.07, 6.45) is 0. The van der Waals surface area contributed by atoms with E-state index in [-0.39, 0.29) is 23.7 Å². The second kappa shape index (κ2) is 9.38. The largest absolute Gasteiger partial charge is 0.328 e. The quantitative estimate of drug-likeness (QED) is 0.533. The van der Waals surface area contributed by atoms with Crippen LogP contribution in [0.25, 0.3) is 0 Å². The lowest BCUT2D eigenvalue weighted by Gasteiger charge is -2.23. The van der Waals surface area contributed by atoms with Gasteiger partial charge >= 0.3 is 0 Å². The fraction of sp³-hybridized carbons (Fsp3) is 0.389. The molecular weight excluding hydrogens is 382 g/mol. The van der Waals surface area contributed by atoms with Gasteiger partial charge in [-0.1, -0.05) is 6.07 Å². The topological polar surface area (TPSA) is 109 Å². The number of thiazole rings is 1. The maximum atomic E-state index is 12.9. The molecule has 150 valence electrons. The molecule has 0 fully saturated rings. The fourth-order valence-corrected chi connectivity index (χ4v) is 3.20. The number of likely N-dealkylation sites (N-methyl/N-ethyl adjacent to an activating group) is 1. The van der Waals surface area contributed by atoms with Gasteiger partial charge in [0.2, 0.25) is 5.91 Å². The molecule has 1 N–H and O–H groups in total. The van der Waals surface area contributed by atoms with E-state index in [0.717, 1.165) is 10.6 Å². The molecule has 0 spiro atoms. The maximum absolute atomic E-state index is 12.9. The average Bonchev–Trinajstić information content (AvgIpc) is 2.95. The number of nitro groups is 1. The number of aryl methyl sites for hydroxylation is 2. The van der Waals surface area contributed by atoms with Crippen LogP contribution < -0.4 is 5.32 Å². The van der Waals surface area contributed by atoms with E-state index in [1.54, 1.807) is 0 Å². The van der Waals surface area contributed by atoms with Gasteiger partial charge in [-0.05, 0) is 34.0 Å². The Morgan fingerprint density at radius 1 is 1.25 bits per heavy atom. The van der Waals surface area contributed by atoms with E-state index in [9.17, 15) is 19.7 Å². The van der Waals surface area contributed by atoms with E-state index in [2.05, 4.69) is 10.3 Å². The Kier molecular flexibility index (Phi) is 7.18. The molecule has 0 unspecified atom stereocenters. The van der Waals surface area contributed by atoms with Gasteiger partial charge in [0.1, 0.15) is 6.54 Å². The molecule has 0 aliphatic heterocycles. The highest BCUT2D eigenvalue weighted by atomic mass is 32.1. The van der Waals surface area contributed by atoms with Crippen molar-refractivity contribution in [2.24, 2.45) is 0 Å². The Bertz CT molecular complexity index is 861. The SMILES string of the molecule is Cc1nc(NC(=O)CN(CCN(C)C)C(=O)c2cccc([N+](=O)[O-])c2)sc1C. The third-order valence-corrected chi connectivity index (χ3v) is 5.01. The maximum Gasteiger partial charge on any atom is 0.270 e. The van der Waals surface area contributed by atoms with Crippen molar-refractivity contribution in [3.05, 3.63) is 50.5 Å². The zero-order valence-electron chi connectivity index (χ0n) is 16.3. The lowest BCUT2D eigenvalue weighted by atomic mass is 10.1. The van der Waals surface area contributed by atoms with Crippen molar-refractivity contribution in [1.29, 1.82) is 0 Å². The molecule has 10 heteroatoms. The zero-order valence-corrected chi connectivity index (χ0v) is 17.1. The molecular formula is C18H23N5O4S. The Balaban J connectivity index is 2.16. The first-order valence-corrected chi connectivity index (χ1v) is 9.41. The van der Waals surface area contributed by atoms with Gasteiger partial charge in [-0.15, -0.1) is 11.3 Å². The van der Waals surface area contributed by atoms with Gasteiger partial charge < -0.3 is 15.1 Å². The van der Waals surface area contributed by atoms with E-state index < -0.39 is 10.8 Å². The lowest BCUT2D eigenvalue weighted by molar-refractivity contribution is -0.384. The number of aromatic nitrogens is 1. The summed E-state index contributed by atoms with van der Waals surface area (Å²) < 4.78 is 0. The van der Waals surface area contributed by atoms with Gasteiger partial charge in [-0.2, -0.15) is 0 Å². The third kappa shape index (κ3) is 5.83. The van der Waals surface area contributed by atoms with Crippen LogP contribution in [0.5, 0.6) is 0 Å². The highest BCUT2D eigenvalue weighted by Crippen LogP contribution is 2.21. The van der Waals surface area contributed by atoms with Crippen molar-refractivity contribution >= 4 is 34.0 Å². The summed E-state index contributed by atoms with van der Waals surface area (Å²) in [6, 6.07) is 5.50. The summed E-state index contributed by atoms with van der Waals surface area (Å²) in [5.74, 6) is -0.807. The number of hydrogen-bond acceptors (Lipinski definition) is 7. The van der Waals surface area contributed by atoms with Gasteiger partial charge in [0.15, 0.2) is 5.13 Å². The first kappa shape index (κ1) is 21.5. The predicted molar refractivity (Wildman–Crippen MR) is 108 cm³/mol. The van der Waals surface area contributed by atoms with Crippen molar-refractivity contribution in [3.8, 4) is 0 Å². The number of nitrogens with zero attached hydrogens (tertiary/aromatic N) is 4. The molecule has 0 aliphatic rings. The molecule has 0 bridgehead atoms. The lowest BCUT2D eigenvalue weighted by Crippen LogP contribution is -2.41. The smallest absolute Gasteiger partial charge is 0.270 e. The number of hydrogen-bond donors (Lipinski definition) is 1. The number of carbonyl (C=O) groups excluding carboxylic acids is 2. The van der Waals surface area contributed by atoms with E-state index in [1.165, 1.54) is 40.5 Å². The van der Waals surface area contributed by atoms with Crippen molar-refractivity contribution < 1.29 is 14.5 Å². The third-order valence-electron chi connectivity index (χ3n) is 4.02. The molecule has 28 heavy (non-hydrogen) atoms. The second-order valence-electron chi connectivity index (χ2n) is 6.55. The molecule has 2 rings (SSSR count). The number of amides is 2. The van der Waals surface area contributed by atoms with Crippen LogP contribution in [0.4, 0.5) is 10.8 Å². The summed E-state index contributed by atoms with van der Waals surface area (Å²) in [6.45, 7) is 4.45. The molecule has 2 amide bonds. The van der Waals surface area contributed by atoms with E-state index in [1.807, 2.05) is 32.8 Å². The second-order valence-corrected chi connectivity index (χ2v) is 7.75. The number of nitro benzene ring substituents is 1. The van der Waals surface area contributed by atoms with Crippen molar-refractivity contribution in [1.82, 2.24) is 14.8 Å². The highest BCUT2D eigenvalue weighted by molar-refractivity contribution is 7.15. The van der Waals surface area contributed by atoms with Crippen LogP contribution in [0.2, 0.25) is 0 Å². The minimum Gasteiger partial charge on any atom is -0.328 e. The molecule has 2 aromatic rings. The fourth-order valence-electron chi connectivity index (χ4n) is 2.37. The molecule has 0 atom stereocenters. The molecule has 1 heterocycles. The molecule has 0 aliphatic carbocycles. The van der Waals surface area contributed by atoms with Crippen LogP contribution in [0, 0.1) is 24.0 Å². The molecule has 9 nitrogen and oxygen atoms in total. The standard InChI is InChI=1S/C18H23N5O4S/c1-12-13(2)28-18(19-12)20-16(24)11-22(9-8-21(3)4)17(25)14-6-5-7-15(10-14)23(26)27/h5-7,10H,8-9,11H2,1-4H3,(H,19,20,24). The van der Waals surface area contributed by atoms with Crippen LogP contribution in [0.15, 0.2) is 24.3 Å². The molecule has 0 saturated carbocycles. The highest BCUT2D eigenvalue weighted by Gasteiger charge is 2.21. The van der Waals surface area contributed by atoms with Crippen LogP contribution in [-0.4, -0.2) is 65.3 Å². The molecule has 0 saturated heterocycles. The number of nitrogens with one attached hydrogen (secondary N) is 1. The van der Waals surface area contributed by atoms with Crippen molar-refractivity contribution in [3.63, 3.8) is 0 Å². The van der Waals surface area contributed by atoms with Gasteiger partial charge in [0, 0.05) is 35.7 Å². The summed E-state index contributed by atoms with van der Waals surface area (Å²) >= 11 is 1.37. The molecule has 0 radical (unpaired) electrons. The summed E-state index contributed by atoms with van der Waals surface area (Å²) in [5.41, 5.74) is 0.843. The average molecular weight is 405 g/mol. The summed E-state index contributed by atoms with van der Waals surface area (Å²) in [5, 5.41) is 14.2. The number of anilines is 1. The van der Waals surface area contributed by atoms with E-state index in [4.69, 9.17) is 0 Å². The number of non-ortho nitro benzene ring substituents is 1. The first-order chi connectivity index (χ1) is 13.2. The van der Waals surface area contributed by atoms with Crippen LogP contribution >= 0.6 is 11.3 Å². The molecule has 1 aromatic heterocycles. The number of rotatable bonds is 8. The van der Waals surface area contributed by atoms with Gasteiger partial charge in [-0.3, -0.25) is 19.7 Å². The normalized spacial score (nSPS) is 10.8. The minimum absolute atomic E-state index is 0.168. The Morgan fingerprint density at radius 2 is 1.96 bits per heavy atom. The minimum atomic E-state index is -0.555. The monoisotopic (exact) mass is 405 g/mol. The van der Waals surface area contributed by atoms with Gasteiger partial charge in [0.25, 0.3) is 11.6 Å². The molecule has 1 aromatic carbocycles. The van der Waals surface area contributed by atoms with Crippen LogP contribution in [0.3, 0.4) is 0 Å². The van der Waals surface area contributed by atoms with Crippen LogP contribution in [0.1, 0.15) is 20.9 Å². The summed E-state index contributed by atoms with van der Waals surface area (Å²) in [4.78, 5) is 44.3. The van der Waals surface area contributed by atoms with Crippen molar-refractivity contribution in [2.75, 3.05) is 39.0 Å². The number of carbonyl (C=O) groups is 2. The van der Waals surface area contributed by atoms with Gasteiger partial charge in [0.05, 0.1) is 10.6 Å². The summed E-state index contributed by atoms with van der Waals surface area (Å²) in [7, 11) is 3.72. The Morgan fingerprint density at radius 3 is 2.54 bits per heavy atom. The predicted octanol–water partition coefficient (Wildman–Crippen LogP) is 2.31. The zero-order chi connectivity index (χ0) is 20.8. The van der Waals surface area contributed by atoms with Gasteiger partial charge in [-0.25, -0.2) is 4.98 Å². The van der Waals surface area contributed by atoms with Crippen molar-refractivity contribution in [2.45, 2.75) is 13.8 Å². The Labute approximate surface area is 167 Å². The first-order valence-electron chi connectivity index (χ1n) is 8.59. The Hall–Kier alpha value is -2.85. The number of benzene rings is 1. The van der Waals surface area contributed by atoms with E-state index in [0.29, 0.717) is 18.2 Å². The van der Waals surface area contributed by atoms with E-state index >= 15 is 0 Å². The van der Waals surface area contributed by atoms with Crippen LogP contribution in [-0.2, 0) is 4.79 Å².